The zero-order chi connectivity index (χ0) is 19.6. The number of hydrogen-bond donors (Lipinski definition) is 1. The number of aromatic nitrogens is 2. The Morgan fingerprint density at radius 3 is 2.74 bits per heavy atom. The Morgan fingerprint density at radius 1 is 1.30 bits per heavy atom. The number of amides is 1. The highest BCUT2D eigenvalue weighted by Crippen LogP contribution is 2.35. The molecule has 2 atom stereocenters. The molecule has 1 N–H and O–H groups in total. The molecule has 3 rings (SSSR count). The van der Waals surface area contributed by atoms with Gasteiger partial charge < -0.3 is 10.1 Å². The van der Waals surface area contributed by atoms with Crippen molar-refractivity contribution in [3.63, 3.8) is 0 Å². The number of carbonyl (C=O) groups excluding carboxylic acids is 2. The molecular weight excluding hydrogens is 386 g/mol. The van der Waals surface area contributed by atoms with Crippen molar-refractivity contribution >= 4 is 50.7 Å². The Labute approximate surface area is 166 Å². The third kappa shape index (κ3) is 3.99. The Hall–Kier alpha value is -2.38. The highest BCUT2D eigenvalue weighted by atomic mass is 35.5. The molecule has 0 aliphatic heterocycles. The Morgan fingerprint density at radius 2 is 2.04 bits per heavy atom. The van der Waals surface area contributed by atoms with E-state index in [0.29, 0.717) is 15.7 Å². The molecule has 0 unspecified atom stereocenters. The maximum atomic E-state index is 12.5. The molecule has 0 spiro atoms. The van der Waals surface area contributed by atoms with Crippen LogP contribution in [0.4, 0.5) is 5.82 Å². The minimum absolute atomic E-state index is 0.144. The number of carbonyl (C=O) groups is 2. The van der Waals surface area contributed by atoms with Crippen molar-refractivity contribution < 1.29 is 14.3 Å². The molecule has 8 heteroatoms. The summed E-state index contributed by atoms with van der Waals surface area (Å²) in [5, 5.41) is 8.13. The molecule has 0 fully saturated rings. The van der Waals surface area contributed by atoms with Gasteiger partial charge in [0.05, 0.1) is 17.3 Å². The lowest BCUT2D eigenvalue weighted by Gasteiger charge is -2.16. The zero-order valence-corrected chi connectivity index (χ0v) is 16.8. The van der Waals surface area contributed by atoms with Crippen molar-refractivity contribution in [1.82, 2.24) is 9.78 Å². The normalized spacial score (nSPS) is 13.3. The van der Waals surface area contributed by atoms with E-state index < -0.39 is 18.0 Å². The molecule has 142 valence electrons. The molecule has 27 heavy (non-hydrogen) atoms. The number of nitrogens with one attached hydrogen (secondary N) is 1. The molecule has 2 aromatic heterocycles. The molecule has 0 radical (unpaired) electrons. The molecule has 3 aromatic rings. The standard InChI is InChI=1S/C19H20ClN3O3S/c1-4-11(2)23-15(9-10-21-23)22-18(24)12(3)26-19(25)17-16(20)13-7-5-6-8-14(13)27-17/h5-12H,4H2,1-3H3,(H,22,24)/t11-,12-/m0/s1. The summed E-state index contributed by atoms with van der Waals surface area (Å²) in [5.41, 5.74) is 0. The minimum Gasteiger partial charge on any atom is -0.448 e. The molecule has 0 aliphatic carbocycles. The van der Waals surface area contributed by atoms with Crippen LogP contribution in [0.25, 0.3) is 10.1 Å². The van der Waals surface area contributed by atoms with Crippen LogP contribution >= 0.6 is 22.9 Å². The number of nitrogens with zero attached hydrogens (tertiary/aromatic N) is 2. The minimum atomic E-state index is -0.973. The van der Waals surface area contributed by atoms with E-state index in [4.69, 9.17) is 16.3 Å². The summed E-state index contributed by atoms with van der Waals surface area (Å²) < 4.78 is 7.95. The average Bonchev–Trinajstić information content (AvgIpc) is 3.26. The van der Waals surface area contributed by atoms with Gasteiger partial charge in [-0.3, -0.25) is 4.79 Å². The van der Waals surface area contributed by atoms with Crippen molar-refractivity contribution in [1.29, 1.82) is 0 Å². The summed E-state index contributed by atoms with van der Waals surface area (Å²) in [5.74, 6) is -0.470. The van der Waals surface area contributed by atoms with Crippen LogP contribution in [0.2, 0.25) is 5.02 Å². The van der Waals surface area contributed by atoms with E-state index in [1.54, 1.807) is 16.9 Å². The second-order valence-electron chi connectivity index (χ2n) is 6.20. The topological polar surface area (TPSA) is 73.2 Å². The number of fused-ring (bicyclic) bond motifs is 1. The first-order valence-corrected chi connectivity index (χ1v) is 9.84. The first-order valence-electron chi connectivity index (χ1n) is 8.64. The quantitative estimate of drug-likeness (QED) is 0.591. The average molecular weight is 406 g/mol. The fraction of sp³-hybridized carbons (Fsp3) is 0.316. The van der Waals surface area contributed by atoms with Gasteiger partial charge in [0.1, 0.15) is 10.7 Å². The van der Waals surface area contributed by atoms with Gasteiger partial charge in [0.25, 0.3) is 5.91 Å². The first kappa shape index (κ1) is 19.4. The molecule has 0 bridgehead atoms. The van der Waals surface area contributed by atoms with Crippen LogP contribution in [0.15, 0.2) is 36.5 Å². The van der Waals surface area contributed by atoms with Gasteiger partial charge in [-0.1, -0.05) is 36.7 Å². The molecule has 2 heterocycles. The van der Waals surface area contributed by atoms with Crippen LogP contribution in [0, 0.1) is 0 Å². The van der Waals surface area contributed by atoms with E-state index in [2.05, 4.69) is 10.4 Å². The number of ether oxygens (including phenoxy) is 1. The maximum Gasteiger partial charge on any atom is 0.350 e. The number of hydrogen-bond acceptors (Lipinski definition) is 5. The van der Waals surface area contributed by atoms with Gasteiger partial charge in [-0.05, 0) is 26.3 Å². The zero-order valence-electron chi connectivity index (χ0n) is 15.2. The van der Waals surface area contributed by atoms with E-state index in [1.165, 1.54) is 18.3 Å². The summed E-state index contributed by atoms with van der Waals surface area (Å²) >= 11 is 7.55. The van der Waals surface area contributed by atoms with Gasteiger partial charge in [0, 0.05) is 16.2 Å². The Kier molecular flexibility index (Phi) is 5.82. The fourth-order valence-electron chi connectivity index (χ4n) is 2.58. The van der Waals surface area contributed by atoms with E-state index in [-0.39, 0.29) is 6.04 Å². The van der Waals surface area contributed by atoms with E-state index >= 15 is 0 Å². The molecular formula is C19H20ClN3O3S. The van der Waals surface area contributed by atoms with Gasteiger partial charge in [0.2, 0.25) is 0 Å². The number of halogens is 1. The van der Waals surface area contributed by atoms with E-state index in [0.717, 1.165) is 16.5 Å². The van der Waals surface area contributed by atoms with Gasteiger partial charge in [-0.15, -0.1) is 11.3 Å². The lowest BCUT2D eigenvalue weighted by Crippen LogP contribution is -2.31. The van der Waals surface area contributed by atoms with E-state index in [9.17, 15) is 9.59 Å². The monoisotopic (exact) mass is 405 g/mol. The Balaban J connectivity index is 1.70. The third-order valence-electron chi connectivity index (χ3n) is 4.30. The number of rotatable bonds is 6. The molecule has 0 saturated carbocycles. The highest BCUT2D eigenvalue weighted by Gasteiger charge is 2.24. The maximum absolute atomic E-state index is 12.5. The highest BCUT2D eigenvalue weighted by molar-refractivity contribution is 7.21. The molecule has 0 saturated heterocycles. The summed E-state index contributed by atoms with van der Waals surface area (Å²) in [6.07, 6.45) is 1.52. The van der Waals surface area contributed by atoms with Gasteiger partial charge >= 0.3 is 5.97 Å². The van der Waals surface area contributed by atoms with Crippen LogP contribution in [-0.4, -0.2) is 27.8 Å². The molecule has 6 nitrogen and oxygen atoms in total. The lowest BCUT2D eigenvalue weighted by molar-refractivity contribution is -0.123. The second kappa shape index (κ2) is 8.10. The number of esters is 1. The van der Waals surface area contributed by atoms with Crippen molar-refractivity contribution in [3.8, 4) is 0 Å². The van der Waals surface area contributed by atoms with Crippen LogP contribution in [0.3, 0.4) is 0 Å². The van der Waals surface area contributed by atoms with Crippen LogP contribution in [0.5, 0.6) is 0 Å². The predicted octanol–water partition coefficient (Wildman–Crippen LogP) is 4.91. The van der Waals surface area contributed by atoms with Gasteiger partial charge in [-0.25, -0.2) is 9.48 Å². The SMILES string of the molecule is CC[C@H](C)n1nccc1NC(=O)[C@H](C)OC(=O)c1sc2ccccc2c1Cl. The molecule has 1 amide bonds. The van der Waals surface area contributed by atoms with Gasteiger partial charge in [-0.2, -0.15) is 5.10 Å². The van der Waals surface area contributed by atoms with Crippen molar-refractivity contribution in [2.75, 3.05) is 5.32 Å². The summed E-state index contributed by atoms with van der Waals surface area (Å²) in [7, 11) is 0. The van der Waals surface area contributed by atoms with E-state index in [1.807, 2.05) is 38.1 Å². The second-order valence-corrected chi connectivity index (χ2v) is 7.63. The van der Waals surface area contributed by atoms with Crippen LogP contribution in [0.1, 0.15) is 42.9 Å². The smallest absolute Gasteiger partial charge is 0.350 e. The third-order valence-corrected chi connectivity index (χ3v) is 5.96. The lowest BCUT2D eigenvalue weighted by atomic mass is 10.2. The predicted molar refractivity (Wildman–Crippen MR) is 108 cm³/mol. The van der Waals surface area contributed by atoms with Crippen molar-refractivity contribution in [2.24, 2.45) is 0 Å². The van der Waals surface area contributed by atoms with Crippen LogP contribution < -0.4 is 5.32 Å². The van der Waals surface area contributed by atoms with Crippen molar-refractivity contribution in [3.05, 3.63) is 46.4 Å². The van der Waals surface area contributed by atoms with Gasteiger partial charge in [0.15, 0.2) is 6.10 Å². The number of thiophene rings is 1. The number of anilines is 1. The largest absolute Gasteiger partial charge is 0.448 e. The number of benzene rings is 1. The first-order chi connectivity index (χ1) is 12.9. The van der Waals surface area contributed by atoms with Crippen LogP contribution in [-0.2, 0) is 9.53 Å². The summed E-state index contributed by atoms with van der Waals surface area (Å²) in [4.78, 5) is 25.2. The molecule has 0 aliphatic rings. The fourth-order valence-corrected chi connectivity index (χ4v) is 3.97. The molecule has 1 aromatic carbocycles. The summed E-state index contributed by atoms with van der Waals surface area (Å²) in [6.45, 7) is 5.57. The summed E-state index contributed by atoms with van der Waals surface area (Å²) in [6, 6.07) is 9.31. The van der Waals surface area contributed by atoms with Crippen molar-refractivity contribution in [2.45, 2.75) is 39.3 Å². The Bertz CT molecular complexity index is 982.